The van der Waals surface area contributed by atoms with Crippen LogP contribution in [0.4, 0.5) is 0 Å². The molecule has 0 aliphatic carbocycles. The molecule has 0 unspecified atom stereocenters. The molecule has 1 aromatic heterocycles. The van der Waals surface area contributed by atoms with Crippen molar-refractivity contribution in [3.8, 4) is 22.9 Å². The van der Waals surface area contributed by atoms with Gasteiger partial charge in [-0.2, -0.15) is 0 Å². The SMILES string of the molecule is COc1ncc(-c2ccc3c(c2)CCCO3)cn1. The van der Waals surface area contributed by atoms with Crippen molar-refractivity contribution in [3.05, 3.63) is 36.2 Å². The van der Waals surface area contributed by atoms with E-state index in [1.54, 1.807) is 19.5 Å². The van der Waals surface area contributed by atoms with Gasteiger partial charge in [-0.15, -0.1) is 0 Å². The first-order chi connectivity index (χ1) is 8.86. The maximum Gasteiger partial charge on any atom is 0.316 e. The molecule has 0 amide bonds. The van der Waals surface area contributed by atoms with Gasteiger partial charge in [0, 0.05) is 18.0 Å². The molecule has 1 aliphatic heterocycles. The molecule has 0 spiro atoms. The minimum atomic E-state index is 0.389. The van der Waals surface area contributed by atoms with E-state index in [-0.39, 0.29) is 0 Å². The predicted octanol–water partition coefficient (Wildman–Crippen LogP) is 2.48. The van der Waals surface area contributed by atoms with Gasteiger partial charge in [0.2, 0.25) is 0 Å². The zero-order valence-electron chi connectivity index (χ0n) is 10.2. The molecular weight excluding hydrogens is 228 g/mol. The summed E-state index contributed by atoms with van der Waals surface area (Å²) in [5.41, 5.74) is 3.36. The molecule has 0 bridgehead atoms. The number of benzene rings is 1. The number of rotatable bonds is 2. The third-order valence-corrected chi connectivity index (χ3v) is 3.05. The fourth-order valence-electron chi connectivity index (χ4n) is 2.11. The van der Waals surface area contributed by atoms with Crippen LogP contribution in [-0.4, -0.2) is 23.7 Å². The first-order valence-corrected chi connectivity index (χ1v) is 5.99. The molecule has 18 heavy (non-hydrogen) atoms. The molecule has 2 heterocycles. The summed E-state index contributed by atoms with van der Waals surface area (Å²) in [5.74, 6) is 0.999. The Kier molecular flexibility index (Phi) is 2.84. The molecule has 0 saturated carbocycles. The van der Waals surface area contributed by atoms with Crippen molar-refractivity contribution in [2.24, 2.45) is 0 Å². The van der Waals surface area contributed by atoms with E-state index in [9.17, 15) is 0 Å². The minimum Gasteiger partial charge on any atom is -0.493 e. The van der Waals surface area contributed by atoms with Crippen molar-refractivity contribution in [2.45, 2.75) is 12.8 Å². The lowest BCUT2D eigenvalue weighted by molar-refractivity contribution is 0.288. The van der Waals surface area contributed by atoms with Crippen molar-refractivity contribution >= 4 is 0 Å². The highest BCUT2D eigenvalue weighted by Gasteiger charge is 2.11. The van der Waals surface area contributed by atoms with Crippen LogP contribution in [0, 0.1) is 0 Å². The van der Waals surface area contributed by atoms with Gasteiger partial charge in [-0.25, -0.2) is 9.97 Å². The van der Waals surface area contributed by atoms with Crippen molar-refractivity contribution in [3.63, 3.8) is 0 Å². The fourth-order valence-corrected chi connectivity index (χ4v) is 2.11. The zero-order chi connectivity index (χ0) is 12.4. The first kappa shape index (κ1) is 11.0. The average Bonchev–Trinajstić information content (AvgIpc) is 2.47. The van der Waals surface area contributed by atoms with Gasteiger partial charge in [0.05, 0.1) is 13.7 Å². The summed E-state index contributed by atoms with van der Waals surface area (Å²) in [7, 11) is 1.56. The van der Waals surface area contributed by atoms with E-state index in [1.807, 2.05) is 12.1 Å². The van der Waals surface area contributed by atoms with Crippen LogP contribution in [0.25, 0.3) is 11.1 Å². The van der Waals surface area contributed by atoms with Gasteiger partial charge in [0.15, 0.2) is 0 Å². The molecule has 2 aromatic rings. The Bertz CT molecular complexity index is 552. The number of methoxy groups -OCH3 is 1. The summed E-state index contributed by atoms with van der Waals surface area (Å²) in [5, 5.41) is 0. The van der Waals surface area contributed by atoms with E-state index < -0.39 is 0 Å². The normalized spacial score (nSPS) is 13.6. The van der Waals surface area contributed by atoms with E-state index in [0.717, 1.165) is 36.3 Å². The summed E-state index contributed by atoms with van der Waals surface area (Å²) in [6.07, 6.45) is 5.70. The highest BCUT2D eigenvalue weighted by molar-refractivity contribution is 5.64. The van der Waals surface area contributed by atoms with E-state index in [4.69, 9.17) is 9.47 Å². The van der Waals surface area contributed by atoms with Gasteiger partial charge in [-0.1, -0.05) is 6.07 Å². The molecule has 3 rings (SSSR count). The van der Waals surface area contributed by atoms with Crippen LogP contribution in [0.5, 0.6) is 11.8 Å². The Morgan fingerprint density at radius 2 is 2.00 bits per heavy atom. The quantitative estimate of drug-likeness (QED) is 0.811. The number of hydrogen-bond donors (Lipinski definition) is 0. The lowest BCUT2D eigenvalue weighted by Crippen LogP contribution is -2.08. The molecule has 1 aliphatic rings. The van der Waals surface area contributed by atoms with E-state index in [0.29, 0.717) is 6.01 Å². The van der Waals surface area contributed by atoms with Gasteiger partial charge in [-0.3, -0.25) is 0 Å². The van der Waals surface area contributed by atoms with E-state index >= 15 is 0 Å². The monoisotopic (exact) mass is 242 g/mol. The summed E-state index contributed by atoms with van der Waals surface area (Å²) in [6.45, 7) is 0.817. The largest absolute Gasteiger partial charge is 0.493 e. The van der Waals surface area contributed by atoms with Crippen LogP contribution in [0.15, 0.2) is 30.6 Å². The van der Waals surface area contributed by atoms with Gasteiger partial charge in [0.25, 0.3) is 0 Å². The van der Waals surface area contributed by atoms with Crippen LogP contribution in [0.1, 0.15) is 12.0 Å². The highest BCUT2D eigenvalue weighted by atomic mass is 16.5. The lowest BCUT2D eigenvalue weighted by atomic mass is 10.0. The van der Waals surface area contributed by atoms with E-state index in [2.05, 4.69) is 16.0 Å². The number of hydrogen-bond acceptors (Lipinski definition) is 4. The Balaban J connectivity index is 1.95. The number of nitrogens with zero attached hydrogens (tertiary/aromatic N) is 2. The zero-order valence-corrected chi connectivity index (χ0v) is 10.2. The van der Waals surface area contributed by atoms with Crippen molar-refractivity contribution < 1.29 is 9.47 Å². The molecule has 0 atom stereocenters. The number of ether oxygens (including phenoxy) is 2. The van der Waals surface area contributed by atoms with Crippen LogP contribution < -0.4 is 9.47 Å². The fraction of sp³-hybridized carbons (Fsp3) is 0.286. The average molecular weight is 242 g/mol. The highest BCUT2D eigenvalue weighted by Crippen LogP contribution is 2.29. The van der Waals surface area contributed by atoms with Crippen LogP contribution in [-0.2, 0) is 6.42 Å². The van der Waals surface area contributed by atoms with Gasteiger partial charge >= 0.3 is 6.01 Å². The van der Waals surface area contributed by atoms with Crippen LogP contribution >= 0.6 is 0 Å². The first-order valence-electron chi connectivity index (χ1n) is 5.99. The minimum absolute atomic E-state index is 0.389. The maximum absolute atomic E-state index is 5.60. The smallest absolute Gasteiger partial charge is 0.316 e. The lowest BCUT2D eigenvalue weighted by Gasteiger charge is -2.17. The number of aromatic nitrogens is 2. The molecule has 0 fully saturated rings. The van der Waals surface area contributed by atoms with Gasteiger partial charge in [0.1, 0.15) is 5.75 Å². The van der Waals surface area contributed by atoms with Crippen molar-refractivity contribution in [2.75, 3.05) is 13.7 Å². The Morgan fingerprint density at radius 3 is 2.78 bits per heavy atom. The second kappa shape index (κ2) is 4.64. The third-order valence-electron chi connectivity index (χ3n) is 3.05. The van der Waals surface area contributed by atoms with Crippen molar-refractivity contribution in [1.82, 2.24) is 9.97 Å². The Morgan fingerprint density at radius 1 is 1.17 bits per heavy atom. The Labute approximate surface area is 106 Å². The van der Waals surface area contributed by atoms with E-state index in [1.165, 1.54) is 5.56 Å². The molecule has 4 heteroatoms. The standard InChI is InChI=1S/C14H14N2O2/c1-17-14-15-8-12(9-16-14)10-4-5-13-11(7-10)3-2-6-18-13/h4-5,7-9H,2-3,6H2,1H3. The third kappa shape index (κ3) is 2.01. The molecule has 0 radical (unpaired) electrons. The summed E-state index contributed by atoms with van der Waals surface area (Å²) in [6, 6.07) is 6.60. The topological polar surface area (TPSA) is 44.2 Å². The second-order valence-electron chi connectivity index (χ2n) is 4.23. The second-order valence-corrected chi connectivity index (χ2v) is 4.23. The molecule has 92 valence electrons. The van der Waals surface area contributed by atoms with Crippen LogP contribution in [0.3, 0.4) is 0 Å². The predicted molar refractivity (Wildman–Crippen MR) is 67.8 cm³/mol. The van der Waals surface area contributed by atoms with Gasteiger partial charge < -0.3 is 9.47 Å². The number of aryl methyl sites for hydroxylation is 1. The van der Waals surface area contributed by atoms with Crippen LogP contribution in [0.2, 0.25) is 0 Å². The Hall–Kier alpha value is -2.10. The summed E-state index contributed by atoms with van der Waals surface area (Å²) >= 11 is 0. The molecular formula is C14H14N2O2. The summed E-state index contributed by atoms with van der Waals surface area (Å²) in [4.78, 5) is 8.24. The van der Waals surface area contributed by atoms with Gasteiger partial charge in [-0.05, 0) is 36.1 Å². The number of fused-ring (bicyclic) bond motifs is 1. The van der Waals surface area contributed by atoms with Crippen molar-refractivity contribution in [1.29, 1.82) is 0 Å². The molecule has 4 nitrogen and oxygen atoms in total. The maximum atomic E-state index is 5.60. The summed E-state index contributed by atoms with van der Waals surface area (Å²) < 4.78 is 10.6. The molecule has 0 saturated heterocycles. The molecule has 0 N–H and O–H groups in total. The molecule has 1 aromatic carbocycles.